The third-order valence-corrected chi connectivity index (χ3v) is 3.60. The van der Waals surface area contributed by atoms with E-state index in [0.717, 1.165) is 19.3 Å². The van der Waals surface area contributed by atoms with Crippen LogP contribution < -0.4 is 0 Å². The molecule has 0 saturated heterocycles. The number of nitrogens with zero attached hydrogens (tertiary/aromatic N) is 1. The van der Waals surface area contributed by atoms with Crippen LogP contribution in [0.3, 0.4) is 0 Å². The van der Waals surface area contributed by atoms with Crippen LogP contribution in [0.4, 0.5) is 0 Å². The van der Waals surface area contributed by atoms with E-state index >= 15 is 0 Å². The molecule has 3 heteroatoms. The molecule has 0 radical (unpaired) electrons. The number of carboxylic acid groups (broad SMARTS) is 1. The summed E-state index contributed by atoms with van der Waals surface area (Å²) in [6.07, 6.45) is 3.45. The molecule has 0 aromatic carbocycles. The fourth-order valence-electron chi connectivity index (χ4n) is 2.69. The number of hydrogen-bond donors (Lipinski definition) is 1. The molecule has 1 N–H and O–H groups in total. The summed E-state index contributed by atoms with van der Waals surface area (Å²) in [5.74, 6) is -0.509. The van der Waals surface area contributed by atoms with Crippen molar-refractivity contribution in [3.05, 3.63) is 0 Å². The third kappa shape index (κ3) is 2.71. The largest absolute Gasteiger partial charge is 0.481 e. The van der Waals surface area contributed by atoms with Crippen molar-refractivity contribution in [1.29, 1.82) is 5.26 Å². The first kappa shape index (κ1) is 12.0. The minimum Gasteiger partial charge on any atom is -0.481 e. The van der Waals surface area contributed by atoms with Crippen LogP contribution in [-0.2, 0) is 4.79 Å². The number of hydrogen-bond acceptors (Lipinski definition) is 2. The Hall–Kier alpha value is -1.04. The molecule has 0 spiro atoms. The fourth-order valence-corrected chi connectivity index (χ4v) is 2.69. The lowest BCUT2D eigenvalue weighted by molar-refractivity contribution is -0.145. The Kier molecular flexibility index (Phi) is 4.14. The van der Waals surface area contributed by atoms with Gasteiger partial charge in [-0.15, -0.1) is 0 Å². The summed E-state index contributed by atoms with van der Waals surface area (Å²) in [4.78, 5) is 11.1. The molecule has 0 aliphatic heterocycles. The van der Waals surface area contributed by atoms with Crippen molar-refractivity contribution in [3.63, 3.8) is 0 Å². The topological polar surface area (TPSA) is 61.1 Å². The Balaban J connectivity index is 2.78. The Morgan fingerprint density at radius 3 is 2.73 bits per heavy atom. The molecule has 3 nitrogen and oxygen atoms in total. The first-order valence-corrected chi connectivity index (χ1v) is 5.72. The molecular formula is C12H19NO2. The average molecular weight is 209 g/mol. The van der Waals surface area contributed by atoms with Gasteiger partial charge in [0.05, 0.1) is 12.0 Å². The van der Waals surface area contributed by atoms with Crippen molar-refractivity contribution in [2.45, 2.75) is 39.5 Å². The number of nitriles is 1. The van der Waals surface area contributed by atoms with Crippen molar-refractivity contribution < 1.29 is 9.90 Å². The Morgan fingerprint density at radius 1 is 1.60 bits per heavy atom. The van der Waals surface area contributed by atoms with E-state index in [-0.39, 0.29) is 17.8 Å². The van der Waals surface area contributed by atoms with Gasteiger partial charge in [0.25, 0.3) is 0 Å². The molecule has 4 atom stereocenters. The van der Waals surface area contributed by atoms with E-state index in [1.54, 1.807) is 0 Å². The van der Waals surface area contributed by atoms with Crippen molar-refractivity contribution in [1.82, 2.24) is 0 Å². The highest BCUT2D eigenvalue weighted by atomic mass is 16.4. The zero-order valence-corrected chi connectivity index (χ0v) is 9.44. The van der Waals surface area contributed by atoms with Crippen LogP contribution in [-0.4, -0.2) is 11.1 Å². The SMILES string of the molecule is CCC(C(=O)O)C1CC(C)CCC1C#N. The van der Waals surface area contributed by atoms with Crippen LogP contribution in [0.2, 0.25) is 0 Å². The zero-order chi connectivity index (χ0) is 11.4. The van der Waals surface area contributed by atoms with Gasteiger partial charge in [-0.2, -0.15) is 5.26 Å². The minimum atomic E-state index is -0.739. The van der Waals surface area contributed by atoms with Gasteiger partial charge in [-0.05, 0) is 37.5 Å². The fraction of sp³-hybridized carbons (Fsp3) is 0.833. The van der Waals surface area contributed by atoms with E-state index in [9.17, 15) is 4.79 Å². The van der Waals surface area contributed by atoms with Gasteiger partial charge in [-0.3, -0.25) is 4.79 Å². The lowest BCUT2D eigenvalue weighted by atomic mass is 9.69. The molecule has 1 aliphatic rings. The van der Waals surface area contributed by atoms with Crippen LogP contribution in [0.1, 0.15) is 39.5 Å². The summed E-state index contributed by atoms with van der Waals surface area (Å²) in [7, 11) is 0. The van der Waals surface area contributed by atoms with Gasteiger partial charge < -0.3 is 5.11 Å². The standard InChI is InChI=1S/C12H19NO2/c1-3-10(12(14)15)11-6-8(2)4-5-9(11)7-13/h8-11H,3-6H2,1-2H3,(H,14,15). The molecule has 4 unspecified atom stereocenters. The van der Waals surface area contributed by atoms with Gasteiger partial charge in [0, 0.05) is 5.92 Å². The molecule has 1 fully saturated rings. The molecule has 0 amide bonds. The molecule has 1 saturated carbocycles. The molecule has 1 rings (SSSR count). The van der Waals surface area contributed by atoms with E-state index < -0.39 is 5.97 Å². The van der Waals surface area contributed by atoms with Gasteiger partial charge in [0.2, 0.25) is 0 Å². The Labute approximate surface area is 91.1 Å². The van der Waals surface area contributed by atoms with Crippen LogP contribution in [0.5, 0.6) is 0 Å². The smallest absolute Gasteiger partial charge is 0.306 e. The predicted octanol–water partition coefficient (Wildman–Crippen LogP) is 2.67. The first-order chi connectivity index (χ1) is 7.10. The second-order valence-corrected chi connectivity index (χ2v) is 4.67. The Morgan fingerprint density at radius 2 is 2.27 bits per heavy atom. The van der Waals surface area contributed by atoms with E-state index in [1.807, 2.05) is 6.92 Å². The van der Waals surface area contributed by atoms with Gasteiger partial charge in [0.15, 0.2) is 0 Å². The van der Waals surface area contributed by atoms with Crippen LogP contribution in [0, 0.1) is 35.0 Å². The van der Waals surface area contributed by atoms with Crippen molar-refractivity contribution in [2.75, 3.05) is 0 Å². The third-order valence-electron chi connectivity index (χ3n) is 3.60. The lowest BCUT2D eigenvalue weighted by Gasteiger charge is -2.34. The molecule has 1 aliphatic carbocycles. The predicted molar refractivity (Wildman–Crippen MR) is 57.0 cm³/mol. The number of rotatable bonds is 3. The quantitative estimate of drug-likeness (QED) is 0.777. The summed E-state index contributed by atoms with van der Waals surface area (Å²) in [5.41, 5.74) is 0. The van der Waals surface area contributed by atoms with Gasteiger partial charge >= 0.3 is 5.97 Å². The molecule has 0 bridgehead atoms. The molecule has 0 aromatic heterocycles. The highest BCUT2D eigenvalue weighted by Crippen LogP contribution is 2.39. The maximum atomic E-state index is 11.1. The van der Waals surface area contributed by atoms with E-state index in [1.165, 1.54) is 0 Å². The van der Waals surface area contributed by atoms with Crippen LogP contribution in [0.25, 0.3) is 0 Å². The maximum absolute atomic E-state index is 11.1. The highest BCUT2D eigenvalue weighted by molar-refractivity contribution is 5.70. The highest BCUT2D eigenvalue weighted by Gasteiger charge is 2.36. The van der Waals surface area contributed by atoms with E-state index in [4.69, 9.17) is 10.4 Å². The van der Waals surface area contributed by atoms with E-state index in [2.05, 4.69) is 13.0 Å². The summed E-state index contributed by atoms with van der Waals surface area (Å²) < 4.78 is 0. The number of aliphatic carboxylic acids is 1. The van der Waals surface area contributed by atoms with Crippen molar-refractivity contribution in [3.8, 4) is 6.07 Å². The maximum Gasteiger partial charge on any atom is 0.306 e. The molecular weight excluding hydrogens is 190 g/mol. The van der Waals surface area contributed by atoms with Gasteiger partial charge in [-0.1, -0.05) is 13.8 Å². The lowest BCUT2D eigenvalue weighted by Crippen LogP contribution is -2.33. The average Bonchev–Trinajstić information content (AvgIpc) is 2.18. The Bertz CT molecular complexity index is 269. The summed E-state index contributed by atoms with van der Waals surface area (Å²) in [6.45, 7) is 4.04. The van der Waals surface area contributed by atoms with Gasteiger partial charge in [-0.25, -0.2) is 0 Å². The first-order valence-electron chi connectivity index (χ1n) is 5.72. The molecule has 0 aromatic rings. The zero-order valence-electron chi connectivity index (χ0n) is 9.44. The van der Waals surface area contributed by atoms with Gasteiger partial charge in [0.1, 0.15) is 0 Å². The molecule has 0 heterocycles. The monoisotopic (exact) mass is 209 g/mol. The van der Waals surface area contributed by atoms with E-state index in [0.29, 0.717) is 12.3 Å². The normalized spacial score (nSPS) is 33.0. The van der Waals surface area contributed by atoms with Crippen molar-refractivity contribution >= 4 is 5.97 Å². The minimum absolute atomic E-state index is 0.0535. The summed E-state index contributed by atoms with van der Waals surface area (Å²) >= 11 is 0. The molecule has 15 heavy (non-hydrogen) atoms. The van der Waals surface area contributed by atoms with Crippen LogP contribution >= 0.6 is 0 Å². The number of carbonyl (C=O) groups is 1. The second kappa shape index (κ2) is 5.16. The van der Waals surface area contributed by atoms with Crippen molar-refractivity contribution in [2.24, 2.45) is 23.7 Å². The summed E-state index contributed by atoms with van der Waals surface area (Å²) in [6, 6.07) is 2.28. The van der Waals surface area contributed by atoms with Crippen LogP contribution in [0.15, 0.2) is 0 Å². The number of carboxylic acids is 1. The molecule has 84 valence electrons. The summed E-state index contributed by atoms with van der Waals surface area (Å²) in [5, 5.41) is 18.1. The second-order valence-electron chi connectivity index (χ2n) is 4.67.